The van der Waals surface area contributed by atoms with Gasteiger partial charge in [-0.25, -0.2) is 0 Å². The van der Waals surface area contributed by atoms with E-state index in [2.05, 4.69) is 15.5 Å². The molecule has 0 saturated heterocycles. The van der Waals surface area contributed by atoms with E-state index in [1.54, 1.807) is 7.11 Å². The molecule has 1 aromatic rings. The van der Waals surface area contributed by atoms with Gasteiger partial charge in [-0.15, -0.1) is 10.2 Å². The van der Waals surface area contributed by atoms with Crippen molar-refractivity contribution in [2.24, 2.45) is 7.05 Å². The second-order valence-corrected chi connectivity index (χ2v) is 3.50. The first-order chi connectivity index (χ1) is 7.75. The van der Waals surface area contributed by atoms with Crippen LogP contribution in [0, 0.1) is 6.92 Å². The Kier molecular flexibility index (Phi) is 5.99. The van der Waals surface area contributed by atoms with E-state index >= 15 is 0 Å². The number of nitrogens with one attached hydrogen (secondary N) is 1. The predicted molar refractivity (Wildman–Crippen MR) is 60.1 cm³/mol. The molecule has 6 nitrogen and oxygen atoms in total. The molecular formula is C10H20N4O2. The van der Waals surface area contributed by atoms with E-state index in [1.165, 1.54) is 0 Å². The molecule has 16 heavy (non-hydrogen) atoms. The topological polar surface area (TPSA) is 61.2 Å². The molecule has 0 radical (unpaired) electrons. The summed E-state index contributed by atoms with van der Waals surface area (Å²) in [6.45, 7) is 5.41. The smallest absolute Gasteiger partial charge is 0.146 e. The third-order valence-corrected chi connectivity index (χ3v) is 2.32. The van der Waals surface area contributed by atoms with E-state index in [1.807, 2.05) is 18.5 Å². The molecule has 0 aromatic carbocycles. The lowest BCUT2D eigenvalue weighted by Crippen LogP contribution is -2.22. The molecule has 0 fully saturated rings. The Balaban J connectivity index is 2.05. The van der Waals surface area contributed by atoms with Gasteiger partial charge in [0.25, 0.3) is 0 Å². The second-order valence-electron chi connectivity index (χ2n) is 3.50. The zero-order valence-corrected chi connectivity index (χ0v) is 10.2. The monoisotopic (exact) mass is 228 g/mol. The van der Waals surface area contributed by atoms with Gasteiger partial charge in [0.1, 0.15) is 11.6 Å². The van der Waals surface area contributed by atoms with Crippen LogP contribution in [0.4, 0.5) is 0 Å². The Bertz CT molecular complexity index is 301. The van der Waals surface area contributed by atoms with Crippen molar-refractivity contribution in [1.29, 1.82) is 0 Å². The first kappa shape index (κ1) is 13.1. The van der Waals surface area contributed by atoms with Crippen molar-refractivity contribution < 1.29 is 9.47 Å². The van der Waals surface area contributed by atoms with Gasteiger partial charge in [-0.1, -0.05) is 0 Å². The summed E-state index contributed by atoms with van der Waals surface area (Å²) in [6.07, 6.45) is 0. The van der Waals surface area contributed by atoms with Gasteiger partial charge < -0.3 is 19.4 Å². The Morgan fingerprint density at radius 3 is 2.69 bits per heavy atom. The fraction of sp³-hybridized carbons (Fsp3) is 0.800. The van der Waals surface area contributed by atoms with Gasteiger partial charge in [0.15, 0.2) is 0 Å². The van der Waals surface area contributed by atoms with Crippen LogP contribution in [0.15, 0.2) is 0 Å². The Hall–Kier alpha value is -0.980. The molecule has 1 aromatic heterocycles. The minimum atomic E-state index is 0.640. The maximum atomic E-state index is 5.32. The van der Waals surface area contributed by atoms with E-state index in [-0.39, 0.29) is 0 Å². The van der Waals surface area contributed by atoms with Crippen molar-refractivity contribution in [2.45, 2.75) is 13.5 Å². The minimum absolute atomic E-state index is 0.640. The standard InChI is InChI=1S/C10H20N4O2/c1-9-12-13-10(14(9)2)8-11-4-5-16-7-6-15-3/h11H,4-8H2,1-3H3. The number of aromatic nitrogens is 3. The number of hydrogen-bond donors (Lipinski definition) is 1. The fourth-order valence-electron chi connectivity index (χ4n) is 1.19. The van der Waals surface area contributed by atoms with E-state index in [9.17, 15) is 0 Å². The summed E-state index contributed by atoms with van der Waals surface area (Å²) in [7, 11) is 3.62. The van der Waals surface area contributed by atoms with Crippen LogP contribution in [-0.4, -0.2) is 48.2 Å². The lowest BCUT2D eigenvalue weighted by atomic mass is 10.5. The maximum absolute atomic E-state index is 5.32. The van der Waals surface area contributed by atoms with Gasteiger partial charge in [-0.3, -0.25) is 0 Å². The summed E-state index contributed by atoms with van der Waals surface area (Å²) in [5.74, 6) is 1.86. The quantitative estimate of drug-likeness (QED) is 0.628. The van der Waals surface area contributed by atoms with Gasteiger partial charge in [0.2, 0.25) is 0 Å². The molecule has 0 bridgehead atoms. The predicted octanol–water partition coefficient (Wildman–Crippen LogP) is -0.124. The van der Waals surface area contributed by atoms with Crippen LogP contribution in [0.3, 0.4) is 0 Å². The van der Waals surface area contributed by atoms with Crippen molar-refractivity contribution >= 4 is 0 Å². The number of ether oxygens (including phenoxy) is 2. The van der Waals surface area contributed by atoms with Crippen LogP contribution >= 0.6 is 0 Å². The molecule has 0 aliphatic carbocycles. The summed E-state index contributed by atoms with van der Waals surface area (Å²) in [6, 6.07) is 0. The SMILES string of the molecule is COCCOCCNCc1nnc(C)n1C. The molecule has 0 unspecified atom stereocenters. The highest BCUT2D eigenvalue weighted by Gasteiger charge is 2.02. The zero-order chi connectivity index (χ0) is 11.8. The van der Waals surface area contributed by atoms with E-state index < -0.39 is 0 Å². The molecule has 0 spiro atoms. The third-order valence-electron chi connectivity index (χ3n) is 2.32. The molecule has 1 heterocycles. The molecular weight excluding hydrogens is 208 g/mol. The van der Waals surface area contributed by atoms with Crippen molar-refractivity contribution in [3.05, 3.63) is 11.6 Å². The van der Waals surface area contributed by atoms with Gasteiger partial charge in [0, 0.05) is 20.7 Å². The molecule has 0 aliphatic heterocycles. The summed E-state index contributed by atoms with van der Waals surface area (Å²) in [5, 5.41) is 11.3. The molecule has 0 saturated carbocycles. The normalized spacial score (nSPS) is 10.9. The highest BCUT2D eigenvalue weighted by molar-refractivity contribution is 4.91. The van der Waals surface area contributed by atoms with E-state index in [4.69, 9.17) is 9.47 Å². The number of hydrogen-bond acceptors (Lipinski definition) is 5. The Morgan fingerprint density at radius 1 is 1.25 bits per heavy atom. The number of nitrogens with zero attached hydrogens (tertiary/aromatic N) is 3. The van der Waals surface area contributed by atoms with Crippen LogP contribution in [0.5, 0.6) is 0 Å². The van der Waals surface area contributed by atoms with Crippen molar-refractivity contribution in [3.63, 3.8) is 0 Å². The number of methoxy groups -OCH3 is 1. The zero-order valence-electron chi connectivity index (χ0n) is 10.2. The summed E-state index contributed by atoms with van der Waals surface area (Å²) >= 11 is 0. The summed E-state index contributed by atoms with van der Waals surface area (Å²) in [5.41, 5.74) is 0. The van der Waals surface area contributed by atoms with Crippen LogP contribution in [0.1, 0.15) is 11.6 Å². The summed E-state index contributed by atoms with van der Waals surface area (Å²) < 4.78 is 12.2. The van der Waals surface area contributed by atoms with Crippen LogP contribution in [-0.2, 0) is 23.1 Å². The largest absolute Gasteiger partial charge is 0.382 e. The minimum Gasteiger partial charge on any atom is -0.382 e. The number of aryl methyl sites for hydroxylation is 1. The Morgan fingerprint density at radius 2 is 2.06 bits per heavy atom. The van der Waals surface area contributed by atoms with Gasteiger partial charge in [-0.05, 0) is 6.92 Å². The molecule has 6 heteroatoms. The second kappa shape index (κ2) is 7.32. The van der Waals surface area contributed by atoms with Crippen molar-refractivity contribution in [1.82, 2.24) is 20.1 Å². The molecule has 0 amide bonds. The van der Waals surface area contributed by atoms with Crippen LogP contribution < -0.4 is 5.32 Å². The van der Waals surface area contributed by atoms with E-state index in [0.29, 0.717) is 26.4 Å². The average Bonchev–Trinajstić information content (AvgIpc) is 2.59. The van der Waals surface area contributed by atoms with Gasteiger partial charge in [0.05, 0.1) is 26.4 Å². The number of rotatable bonds is 8. The molecule has 1 N–H and O–H groups in total. The van der Waals surface area contributed by atoms with Crippen molar-refractivity contribution in [2.75, 3.05) is 33.5 Å². The first-order valence-electron chi connectivity index (χ1n) is 5.38. The highest BCUT2D eigenvalue weighted by Crippen LogP contribution is 1.95. The van der Waals surface area contributed by atoms with E-state index in [0.717, 1.165) is 18.2 Å². The molecule has 1 rings (SSSR count). The van der Waals surface area contributed by atoms with Gasteiger partial charge in [-0.2, -0.15) is 0 Å². The summed E-state index contributed by atoms with van der Waals surface area (Å²) in [4.78, 5) is 0. The van der Waals surface area contributed by atoms with Crippen molar-refractivity contribution in [3.8, 4) is 0 Å². The molecule has 0 aliphatic rings. The molecule has 92 valence electrons. The van der Waals surface area contributed by atoms with Crippen LogP contribution in [0.25, 0.3) is 0 Å². The highest BCUT2D eigenvalue weighted by atomic mass is 16.5. The fourth-order valence-corrected chi connectivity index (χ4v) is 1.19. The lowest BCUT2D eigenvalue weighted by Gasteiger charge is -2.05. The Labute approximate surface area is 96.0 Å². The molecule has 0 atom stereocenters. The lowest BCUT2D eigenvalue weighted by molar-refractivity contribution is 0.0718. The first-order valence-corrected chi connectivity index (χ1v) is 5.38. The maximum Gasteiger partial charge on any atom is 0.146 e. The average molecular weight is 228 g/mol. The van der Waals surface area contributed by atoms with Gasteiger partial charge >= 0.3 is 0 Å². The van der Waals surface area contributed by atoms with Crippen LogP contribution in [0.2, 0.25) is 0 Å². The third kappa shape index (κ3) is 4.26.